The number of carboxylic acid groups (broad SMARTS) is 2. The summed E-state index contributed by atoms with van der Waals surface area (Å²) in [6.45, 7) is -1.09. The molecule has 1 heterocycles. The van der Waals surface area contributed by atoms with Crippen LogP contribution in [0, 0.1) is 0 Å². The lowest BCUT2D eigenvalue weighted by atomic mass is 10.3. The summed E-state index contributed by atoms with van der Waals surface area (Å²) >= 11 is 0. The van der Waals surface area contributed by atoms with Gasteiger partial charge in [-0.05, 0) is 6.07 Å². The third-order valence-electron chi connectivity index (χ3n) is 1.83. The van der Waals surface area contributed by atoms with Crippen LogP contribution in [0.3, 0.4) is 0 Å². The lowest BCUT2D eigenvalue weighted by Gasteiger charge is -2.13. The van der Waals surface area contributed by atoms with Crippen molar-refractivity contribution < 1.29 is 24.9 Å². The number of hydrogen-bond donors (Lipinski definition) is 3. The van der Waals surface area contributed by atoms with Crippen molar-refractivity contribution in [1.82, 2.24) is 9.99 Å². The molecular formula is C10H11N3O5. The summed E-state index contributed by atoms with van der Waals surface area (Å²) in [5, 5.41) is 31.1. The first kappa shape index (κ1) is 13.4. The van der Waals surface area contributed by atoms with E-state index in [-0.39, 0.29) is 5.75 Å². The molecule has 0 amide bonds. The fourth-order valence-corrected chi connectivity index (χ4v) is 1.10. The van der Waals surface area contributed by atoms with E-state index in [1.165, 1.54) is 24.7 Å². The molecular weight excluding hydrogens is 242 g/mol. The molecule has 1 rings (SSSR count). The first-order valence-corrected chi connectivity index (χ1v) is 4.84. The molecule has 8 nitrogen and oxygen atoms in total. The van der Waals surface area contributed by atoms with Crippen LogP contribution in [0.4, 0.5) is 0 Å². The zero-order chi connectivity index (χ0) is 13.5. The molecule has 0 radical (unpaired) electrons. The molecule has 0 aromatic carbocycles. The molecule has 0 aliphatic carbocycles. The van der Waals surface area contributed by atoms with Gasteiger partial charge in [-0.25, -0.2) is 0 Å². The lowest BCUT2D eigenvalue weighted by molar-refractivity contribution is -0.141. The lowest BCUT2D eigenvalue weighted by Crippen LogP contribution is -2.30. The van der Waals surface area contributed by atoms with Crippen molar-refractivity contribution in [3.05, 3.63) is 24.0 Å². The Hall–Kier alpha value is -2.64. The van der Waals surface area contributed by atoms with Gasteiger partial charge >= 0.3 is 11.9 Å². The number of hydrazone groups is 1. The van der Waals surface area contributed by atoms with Crippen LogP contribution in [0.5, 0.6) is 5.75 Å². The second kappa shape index (κ2) is 6.18. The molecule has 0 saturated carbocycles. The Bertz CT molecular complexity index is 458. The highest BCUT2D eigenvalue weighted by Crippen LogP contribution is 2.11. The van der Waals surface area contributed by atoms with Gasteiger partial charge in [-0.15, -0.1) is 0 Å². The number of aliphatic carboxylic acids is 2. The van der Waals surface area contributed by atoms with E-state index >= 15 is 0 Å². The summed E-state index contributed by atoms with van der Waals surface area (Å²) in [6.07, 6.45) is 3.78. The normalized spacial score (nSPS) is 10.4. The minimum absolute atomic E-state index is 0.133. The van der Waals surface area contributed by atoms with Crippen LogP contribution in [0.2, 0.25) is 0 Å². The van der Waals surface area contributed by atoms with Crippen LogP contribution >= 0.6 is 0 Å². The topological polar surface area (TPSA) is 123 Å². The van der Waals surface area contributed by atoms with Crippen LogP contribution in [0.25, 0.3) is 0 Å². The third-order valence-corrected chi connectivity index (χ3v) is 1.83. The van der Waals surface area contributed by atoms with E-state index in [0.717, 1.165) is 5.01 Å². The fraction of sp³-hybridized carbons (Fsp3) is 0.200. The van der Waals surface area contributed by atoms with Crippen molar-refractivity contribution in [2.24, 2.45) is 5.10 Å². The summed E-state index contributed by atoms with van der Waals surface area (Å²) < 4.78 is 0. The van der Waals surface area contributed by atoms with Crippen LogP contribution in [0.1, 0.15) is 5.56 Å². The van der Waals surface area contributed by atoms with Crippen molar-refractivity contribution in [3.63, 3.8) is 0 Å². The zero-order valence-corrected chi connectivity index (χ0v) is 9.22. The maximum absolute atomic E-state index is 10.5. The van der Waals surface area contributed by atoms with Gasteiger partial charge in [-0.3, -0.25) is 19.6 Å². The molecule has 0 fully saturated rings. The van der Waals surface area contributed by atoms with E-state index < -0.39 is 25.0 Å². The first-order valence-electron chi connectivity index (χ1n) is 4.84. The van der Waals surface area contributed by atoms with Crippen LogP contribution < -0.4 is 0 Å². The largest absolute Gasteiger partial charge is 0.506 e. The van der Waals surface area contributed by atoms with Gasteiger partial charge in [0.15, 0.2) is 0 Å². The molecule has 0 atom stereocenters. The Kier molecular flexibility index (Phi) is 4.61. The van der Waals surface area contributed by atoms with E-state index in [1.54, 1.807) is 0 Å². The van der Waals surface area contributed by atoms with Gasteiger partial charge in [0.05, 0.1) is 12.4 Å². The predicted octanol–water partition coefficient (Wildman–Crippen LogP) is -0.408. The first-order chi connectivity index (χ1) is 8.49. The molecule has 0 aliphatic rings. The van der Waals surface area contributed by atoms with Gasteiger partial charge in [-0.2, -0.15) is 5.10 Å². The monoisotopic (exact) mass is 253 g/mol. The molecule has 0 bridgehead atoms. The van der Waals surface area contributed by atoms with Crippen LogP contribution in [-0.4, -0.2) is 56.6 Å². The molecule has 1 aromatic heterocycles. The number of aromatic hydroxyl groups is 1. The van der Waals surface area contributed by atoms with Crippen molar-refractivity contribution >= 4 is 18.2 Å². The summed E-state index contributed by atoms with van der Waals surface area (Å²) in [6, 6.07) is 1.46. The number of carboxylic acids is 2. The van der Waals surface area contributed by atoms with Gasteiger partial charge in [-0.1, -0.05) is 0 Å². The van der Waals surface area contributed by atoms with E-state index in [0.29, 0.717) is 5.56 Å². The van der Waals surface area contributed by atoms with E-state index in [1.807, 2.05) is 0 Å². The van der Waals surface area contributed by atoms with Gasteiger partial charge in [0.1, 0.15) is 18.8 Å². The highest BCUT2D eigenvalue weighted by atomic mass is 16.4. The third kappa shape index (κ3) is 4.47. The van der Waals surface area contributed by atoms with Gasteiger partial charge < -0.3 is 15.3 Å². The Balaban J connectivity index is 2.79. The summed E-state index contributed by atoms with van der Waals surface area (Å²) in [5.74, 6) is -2.54. The van der Waals surface area contributed by atoms with E-state index in [2.05, 4.69) is 10.1 Å². The summed E-state index contributed by atoms with van der Waals surface area (Å²) in [7, 11) is 0. The number of aromatic nitrogens is 1. The van der Waals surface area contributed by atoms with Gasteiger partial charge in [0.25, 0.3) is 0 Å². The molecule has 0 unspecified atom stereocenters. The fourth-order valence-electron chi connectivity index (χ4n) is 1.10. The average Bonchev–Trinajstić information content (AvgIpc) is 2.26. The Morgan fingerprint density at radius 2 is 1.94 bits per heavy atom. The number of pyridine rings is 1. The van der Waals surface area contributed by atoms with Crippen LogP contribution in [0.15, 0.2) is 23.6 Å². The predicted molar refractivity (Wildman–Crippen MR) is 60.3 cm³/mol. The highest BCUT2D eigenvalue weighted by Gasteiger charge is 2.10. The number of carbonyl (C=O) groups is 2. The van der Waals surface area contributed by atoms with E-state index in [9.17, 15) is 14.7 Å². The average molecular weight is 253 g/mol. The van der Waals surface area contributed by atoms with Crippen molar-refractivity contribution in [2.75, 3.05) is 13.1 Å². The smallest absolute Gasteiger partial charge is 0.324 e. The highest BCUT2D eigenvalue weighted by molar-refractivity contribution is 5.83. The number of hydrogen-bond acceptors (Lipinski definition) is 6. The minimum atomic E-state index is -1.20. The van der Waals surface area contributed by atoms with Crippen LogP contribution in [-0.2, 0) is 9.59 Å². The SMILES string of the molecule is O=C(O)CN(CC(=O)O)/N=C\c1ccncc1O. The molecule has 0 spiro atoms. The molecule has 1 aromatic rings. The quantitative estimate of drug-likeness (QED) is 0.465. The second-order valence-electron chi connectivity index (χ2n) is 3.29. The number of rotatable bonds is 6. The van der Waals surface area contributed by atoms with Crippen molar-refractivity contribution in [3.8, 4) is 5.75 Å². The maximum Gasteiger partial charge on any atom is 0.324 e. The standard InChI is InChI=1S/C10H11N3O5/c14-8-4-11-2-1-7(8)3-12-13(5-9(15)16)6-10(17)18/h1-4,14H,5-6H2,(H,15,16)(H,17,18)/b12-3-. The summed E-state index contributed by atoms with van der Waals surface area (Å²) in [4.78, 5) is 24.7. The Labute approximate surface area is 102 Å². The minimum Gasteiger partial charge on any atom is -0.506 e. The van der Waals surface area contributed by atoms with Gasteiger partial charge in [0.2, 0.25) is 0 Å². The summed E-state index contributed by atoms with van der Waals surface area (Å²) in [5.41, 5.74) is 0.311. The second-order valence-corrected chi connectivity index (χ2v) is 3.29. The van der Waals surface area contributed by atoms with Crippen molar-refractivity contribution in [2.45, 2.75) is 0 Å². The molecule has 18 heavy (non-hydrogen) atoms. The molecule has 96 valence electrons. The van der Waals surface area contributed by atoms with Crippen molar-refractivity contribution in [1.29, 1.82) is 0 Å². The molecule has 0 aliphatic heterocycles. The molecule has 3 N–H and O–H groups in total. The van der Waals surface area contributed by atoms with Gasteiger partial charge in [0, 0.05) is 11.8 Å². The number of nitrogens with zero attached hydrogens (tertiary/aromatic N) is 3. The Morgan fingerprint density at radius 3 is 2.44 bits per heavy atom. The zero-order valence-electron chi connectivity index (χ0n) is 9.22. The maximum atomic E-state index is 10.5. The molecule has 0 saturated heterocycles. The Morgan fingerprint density at radius 1 is 1.33 bits per heavy atom. The van der Waals surface area contributed by atoms with E-state index in [4.69, 9.17) is 10.2 Å². The molecule has 8 heteroatoms.